The Labute approximate surface area is 193 Å². The Morgan fingerprint density at radius 3 is 2.19 bits per heavy atom. The second-order valence-electron chi connectivity index (χ2n) is 7.44. The first-order chi connectivity index (χ1) is 15.7. The first kappa shape index (κ1) is 21.7. The van der Waals surface area contributed by atoms with Crippen LogP contribution in [0.3, 0.4) is 0 Å². The number of aromatic nitrogens is 1. The van der Waals surface area contributed by atoms with E-state index in [-0.39, 0.29) is 0 Å². The number of nitrogens with zero attached hydrogens (tertiary/aromatic N) is 2. The van der Waals surface area contributed by atoms with Crippen molar-refractivity contribution >= 4 is 11.8 Å². The summed E-state index contributed by atoms with van der Waals surface area (Å²) < 4.78 is 5.84. The number of hydrogen-bond donors (Lipinski definition) is 0. The van der Waals surface area contributed by atoms with Crippen molar-refractivity contribution in [1.82, 2.24) is 4.98 Å². The normalized spacial score (nSPS) is 10.5. The zero-order chi connectivity index (χ0) is 22.2. The zero-order valence-corrected chi connectivity index (χ0v) is 18.8. The molecule has 4 heteroatoms. The summed E-state index contributed by atoms with van der Waals surface area (Å²) in [6.07, 6.45) is 0.862. The highest BCUT2D eigenvalue weighted by atomic mass is 32.2. The molecule has 1 heterocycles. The quantitative estimate of drug-likeness (QED) is 0.217. The summed E-state index contributed by atoms with van der Waals surface area (Å²) in [6, 6.07) is 32.7. The van der Waals surface area contributed by atoms with E-state index >= 15 is 0 Å². The summed E-state index contributed by atoms with van der Waals surface area (Å²) in [5.41, 5.74) is 5.70. The molecule has 0 aliphatic heterocycles. The van der Waals surface area contributed by atoms with Gasteiger partial charge in [0.1, 0.15) is 16.8 Å². The molecule has 32 heavy (non-hydrogen) atoms. The second-order valence-corrected chi connectivity index (χ2v) is 8.53. The lowest BCUT2D eigenvalue weighted by molar-refractivity contribution is 0.318. The van der Waals surface area contributed by atoms with E-state index in [0.717, 1.165) is 45.3 Å². The smallest absolute Gasteiger partial charge is 0.119 e. The molecule has 0 bridgehead atoms. The predicted octanol–water partition coefficient (Wildman–Crippen LogP) is 7.16. The van der Waals surface area contributed by atoms with Crippen molar-refractivity contribution in [2.75, 3.05) is 12.4 Å². The van der Waals surface area contributed by atoms with Gasteiger partial charge in [0.15, 0.2) is 0 Å². The summed E-state index contributed by atoms with van der Waals surface area (Å²) in [4.78, 5) is 4.87. The third-order valence-electron chi connectivity index (χ3n) is 5.07. The van der Waals surface area contributed by atoms with Crippen molar-refractivity contribution in [2.24, 2.45) is 0 Å². The minimum atomic E-state index is 0.625. The van der Waals surface area contributed by atoms with Gasteiger partial charge >= 0.3 is 0 Å². The number of rotatable bonds is 8. The van der Waals surface area contributed by atoms with Crippen LogP contribution in [0.15, 0.2) is 96.0 Å². The lowest BCUT2D eigenvalue weighted by Crippen LogP contribution is -2.00. The standard InChI is InChI=1S/C28H24N2OS/c1-21-13-15-24(16-14-21)31-17-8-18-32-28-26(20-29)25(22-9-4-2-5-10-22)19-27(30-28)23-11-6-3-7-12-23/h2-7,9-16,19H,8,17-18H2,1H3. The molecule has 4 rings (SSSR count). The average Bonchev–Trinajstić information content (AvgIpc) is 2.85. The van der Waals surface area contributed by atoms with Crippen molar-refractivity contribution in [3.05, 3.63) is 102 Å². The summed E-state index contributed by atoms with van der Waals surface area (Å²) in [5.74, 6) is 1.70. The monoisotopic (exact) mass is 436 g/mol. The number of thioether (sulfide) groups is 1. The number of nitriles is 1. The van der Waals surface area contributed by atoms with Crippen LogP contribution in [0.2, 0.25) is 0 Å². The summed E-state index contributed by atoms with van der Waals surface area (Å²) in [7, 11) is 0. The van der Waals surface area contributed by atoms with Gasteiger partial charge in [-0.1, -0.05) is 78.4 Å². The van der Waals surface area contributed by atoms with E-state index < -0.39 is 0 Å². The number of hydrogen-bond acceptors (Lipinski definition) is 4. The molecule has 158 valence electrons. The average molecular weight is 437 g/mol. The van der Waals surface area contributed by atoms with Crippen molar-refractivity contribution in [3.8, 4) is 34.2 Å². The molecule has 0 unspecified atom stereocenters. The van der Waals surface area contributed by atoms with Crippen LogP contribution in [0.25, 0.3) is 22.4 Å². The van der Waals surface area contributed by atoms with Crippen LogP contribution in [0.5, 0.6) is 5.75 Å². The Bertz CT molecular complexity index is 1200. The molecule has 0 N–H and O–H groups in total. The lowest BCUT2D eigenvalue weighted by Gasteiger charge is -2.13. The lowest BCUT2D eigenvalue weighted by atomic mass is 9.99. The van der Waals surface area contributed by atoms with Crippen LogP contribution in [-0.4, -0.2) is 17.3 Å². The predicted molar refractivity (Wildman–Crippen MR) is 132 cm³/mol. The topological polar surface area (TPSA) is 45.9 Å². The van der Waals surface area contributed by atoms with Crippen LogP contribution >= 0.6 is 11.8 Å². The molecule has 0 saturated heterocycles. The van der Waals surface area contributed by atoms with Crippen LogP contribution in [0.1, 0.15) is 17.5 Å². The Hall–Kier alpha value is -3.55. The Morgan fingerprint density at radius 2 is 1.53 bits per heavy atom. The highest BCUT2D eigenvalue weighted by Gasteiger charge is 2.15. The van der Waals surface area contributed by atoms with Crippen molar-refractivity contribution in [3.63, 3.8) is 0 Å². The molecule has 0 saturated carbocycles. The third kappa shape index (κ3) is 5.38. The van der Waals surface area contributed by atoms with Crippen molar-refractivity contribution in [1.29, 1.82) is 5.26 Å². The Kier molecular flexibility index (Phi) is 7.22. The first-order valence-corrected chi connectivity index (χ1v) is 11.6. The fourth-order valence-corrected chi connectivity index (χ4v) is 4.31. The molecule has 0 fully saturated rings. The van der Waals surface area contributed by atoms with Gasteiger partial charge in [-0.15, -0.1) is 11.8 Å². The largest absolute Gasteiger partial charge is 0.494 e. The molecule has 4 aromatic rings. The molecule has 0 aliphatic carbocycles. The molecule has 0 atom stereocenters. The van der Waals surface area contributed by atoms with E-state index in [2.05, 4.69) is 13.0 Å². The van der Waals surface area contributed by atoms with Gasteiger partial charge in [-0.05, 0) is 37.1 Å². The fourth-order valence-electron chi connectivity index (χ4n) is 3.39. The molecule has 0 aliphatic rings. The number of pyridine rings is 1. The molecule has 3 nitrogen and oxygen atoms in total. The van der Waals surface area contributed by atoms with Crippen LogP contribution < -0.4 is 4.74 Å². The SMILES string of the molecule is Cc1ccc(OCCCSc2nc(-c3ccccc3)cc(-c3ccccc3)c2C#N)cc1. The molecular weight excluding hydrogens is 412 g/mol. The maximum atomic E-state index is 9.97. The minimum Gasteiger partial charge on any atom is -0.494 e. The van der Waals surface area contributed by atoms with Gasteiger partial charge < -0.3 is 4.74 Å². The van der Waals surface area contributed by atoms with Gasteiger partial charge in [-0.2, -0.15) is 5.26 Å². The highest BCUT2D eigenvalue weighted by Crippen LogP contribution is 2.34. The maximum Gasteiger partial charge on any atom is 0.119 e. The molecule has 1 aromatic heterocycles. The van der Waals surface area contributed by atoms with E-state index in [1.54, 1.807) is 11.8 Å². The Balaban J connectivity index is 1.54. The number of aryl methyl sites for hydroxylation is 1. The second kappa shape index (κ2) is 10.7. The molecule has 0 amide bonds. The van der Waals surface area contributed by atoms with Crippen LogP contribution in [0.4, 0.5) is 0 Å². The van der Waals surface area contributed by atoms with E-state index in [0.29, 0.717) is 12.2 Å². The van der Waals surface area contributed by atoms with E-state index in [4.69, 9.17) is 9.72 Å². The minimum absolute atomic E-state index is 0.625. The number of benzene rings is 3. The van der Waals surface area contributed by atoms with Crippen LogP contribution in [0, 0.1) is 18.3 Å². The molecule has 0 spiro atoms. The van der Waals surface area contributed by atoms with Gasteiger partial charge in [-0.25, -0.2) is 4.98 Å². The number of ether oxygens (including phenoxy) is 1. The van der Waals surface area contributed by atoms with E-state index in [1.165, 1.54) is 5.56 Å². The van der Waals surface area contributed by atoms with Crippen molar-refractivity contribution in [2.45, 2.75) is 18.4 Å². The van der Waals surface area contributed by atoms with Gasteiger partial charge in [0.25, 0.3) is 0 Å². The Morgan fingerprint density at radius 1 is 0.875 bits per heavy atom. The molecule has 3 aromatic carbocycles. The van der Waals surface area contributed by atoms with Gasteiger partial charge in [0.05, 0.1) is 17.9 Å². The maximum absolute atomic E-state index is 9.97. The molecular formula is C28H24N2OS. The van der Waals surface area contributed by atoms with Crippen molar-refractivity contribution < 1.29 is 4.74 Å². The van der Waals surface area contributed by atoms with Gasteiger partial charge in [0, 0.05) is 16.9 Å². The fraction of sp³-hybridized carbons (Fsp3) is 0.143. The van der Waals surface area contributed by atoms with E-state index in [1.807, 2.05) is 91.0 Å². The highest BCUT2D eigenvalue weighted by molar-refractivity contribution is 7.99. The summed E-state index contributed by atoms with van der Waals surface area (Å²) >= 11 is 1.61. The summed E-state index contributed by atoms with van der Waals surface area (Å²) in [5, 5.41) is 10.7. The molecule has 0 radical (unpaired) electrons. The van der Waals surface area contributed by atoms with Gasteiger partial charge in [-0.3, -0.25) is 0 Å². The summed E-state index contributed by atoms with van der Waals surface area (Å²) in [6.45, 7) is 2.69. The first-order valence-electron chi connectivity index (χ1n) is 10.6. The van der Waals surface area contributed by atoms with Crippen LogP contribution in [-0.2, 0) is 0 Å². The van der Waals surface area contributed by atoms with Gasteiger partial charge in [0.2, 0.25) is 0 Å². The van der Waals surface area contributed by atoms with E-state index in [9.17, 15) is 5.26 Å². The zero-order valence-electron chi connectivity index (χ0n) is 18.0. The third-order valence-corrected chi connectivity index (χ3v) is 6.13.